The van der Waals surface area contributed by atoms with Crippen molar-refractivity contribution in [2.45, 2.75) is 12.3 Å². The molecule has 1 unspecified atom stereocenters. The smallest absolute Gasteiger partial charge is 0.277 e. The van der Waals surface area contributed by atoms with Crippen molar-refractivity contribution in [1.82, 2.24) is 15.4 Å². The summed E-state index contributed by atoms with van der Waals surface area (Å²) in [6.45, 7) is 0.691. The molecule has 1 aliphatic rings. The van der Waals surface area contributed by atoms with Crippen LogP contribution >= 0.6 is 0 Å². The first kappa shape index (κ1) is 14.2. The fourth-order valence-corrected chi connectivity index (χ4v) is 2.34. The Balaban J connectivity index is 1.54. The summed E-state index contributed by atoms with van der Waals surface area (Å²) >= 11 is 0. The molecule has 112 valence electrons. The standard InChI is InChI=1S/C15H15N5O2/c21-14(20-22)11-8-18-15(19-9-11)16-6-5-10-7-17-13-4-2-1-3-12(10)13/h1-4,7-10,22H,5-6H2,(H,20,21)(H,16,18,19). The summed E-state index contributed by atoms with van der Waals surface area (Å²) in [5, 5.41) is 11.6. The SMILES string of the molecule is O=C(NO)c1cnc(NCCC2C=Nc3ccccc32)nc1. The summed E-state index contributed by atoms with van der Waals surface area (Å²) in [5.41, 5.74) is 4.00. The average Bonchev–Trinajstić information content (AvgIpc) is 2.98. The molecule has 0 spiro atoms. The van der Waals surface area contributed by atoms with Crippen LogP contribution in [0.5, 0.6) is 0 Å². The predicted molar refractivity (Wildman–Crippen MR) is 81.7 cm³/mol. The quantitative estimate of drug-likeness (QED) is 0.578. The van der Waals surface area contributed by atoms with Crippen molar-refractivity contribution in [2.75, 3.05) is 11.9 Å². The van der Waals surface area contributed by atoms with Gasteiger partial charge in [-0.1, -0.05) is 18.2 Å². The normalized spacial score (nSPS) is 15.4. The number of rotatable bonds is 5. The van der Waals surface area contributed by atoms with E-state index in [1.54, 1.807) is 0 Å². The van der Waals surface area contributed by atoms with Crippen molar-refractivity contribution in [2.24, 2.45) is 4.99 Å². The fourth-order valence-electron chi connectivity index (χ4n) is 2.34. The van der Waals surface area contributed by atoms with Gasteiger partial charge in [0.2, 0.25) is 5.95 Å². The largest absolute Gasteiger partial charge is 0.354 e. The summed E-state index contributed by atoms with van der Waals surface area (Å²) in [5.74, 6) is 0.103. The number of para-hydroxylation sites is 1. The zero-order chi connectivity index (χ0) is 15.4. The molecule has 0 bridgehead atoms. The number of aromatic nitrogens is 2. The van der Waals surface area contributed by atoms with Gasteiger partial charge >= 0.3 is 0 Å². The van der Waals surface area contributed by atoms with Gasteiger partial charge in [0, 0.05) is 31.1 Å². The number of carbonyl (C=O) groups excluding carboxylic acids is 1. The minimum absolute atomic E-state index is 0.199. The number of hydroxylamine groups is 1. The van der Waals surface area contributed by atoms with E-state index in [0.29, 0.717) is 18.4 Å². The summed E-state index contributed by atoms with van der Waals surface area (Å²) in [4.78, 5) is 23.6. The van der Waals surface area contributed by atoms with Crippen LogP contribution in [0.3, 0.4) is 0 Å². The van der Waals surface area contributed by atoms with E-state index < -0.39 is 5.91 Å². The third-order valence-electron chi connectivity index (χ3n) is 3.48. The van der Waals surface area contributed by atoms with Crippen LogP contribution in [-0.4, -0.2) is 33.8 Å². The Bertz CT molecular complexity index is 699. The van der Waals surface area contributed by atoms with Crippen LogP contribution in [-0.2, 0) is 0 Å². The number of nitrogens with one attached hydrogen (secondary N) is 2. The zero-order valence-electron chi connectivity index (χ0n) is 11.7. The van der Waals surface area contributed by atoms with E-state index in [2.05, 4.69) is 26.3 Å². The lowest BCUT2D eigenvalue weighted by molar-refractivity contribution is 0.0705. The maximum absolute atomic E-state index is 11.2. The molecule has 1 aromatic heterocycles. The topological polar surface area (TPSA) is 99.5 Å². The molecule has 0 fully saturated rings. The third kappa shape index (κ3) is 2.94. The Hall–Kier alpha value is -2.80. The molecular formula is C15H15N5O2. The van der Waals surface area contributed by atoms with Crippen LogP contribution in [0.1, 0.15) is 28.3 Å². The number of aliphatic imine (C=N–C) groups is 1. The lowest BCUT2D eigenvalue weighted by atomic mass is 9.98. The molecule has 1 atom stereocenters. The van der Waals surface area contributed by atoms with Gasteiger partial charge in [0.25, 0.3) is 5.91 Å². The summed E-state index contributed by atoms with van der Waals surface area (Å²) in [7, 11) is 0. The second-order valence-corrected chi connectivity index (χ2v) is 4.90. The number of fused-ring (bicyclic) bond motifs is 1. The van der Waals surface area contributed by atoms with Crippen molar-refractivity contribution in [3.63, 3.8) is 0 Å². The number of carbonyl (C=O) groups is 1. The zero-order valence-corrected chi connectivity index (χ0v) is 11.7. The molecule has 3 rings (SSSR count). The number of amides is 1. The van der Waals surface area contributed by atoms with Crippen molar-refractivity contribution < 1.29 is 10.0 Å². The molecule has 7 heteroatoms. The highest BCUT2D eigenvalue weighted by Crippen LogP contribution is 2.33. The van der Waals surface area contributed by atoms with Gasteiger partial charge in [-0.05, 0) is 18.1 Å². The van der Waals surface area contributed by atoms with Crippen LogP contribution < -0.4 is 10.8 Å². The number of benzene rings is 1. The van der Waals surface area contributed by atoms with Crippen molar-refractivity contribution in [3.05, 3.63) is 47.8 Å². The van der Waals surface area contributed by atoms with E-state index in [-0.39, 0.29) is 5.56 Å². The highest BCUT2D eigenvalue weighted by Gasteiger charge is 2.17. The number of anilines is 1. The predicted octanol–water partition coefficient (Wildman–Crippen LogP) is 1.90. The Morgan fingerprint density at radius 3 is 2.77 bits per heavy atom. The number of hydrogen-bond acceptors (Lipinski definition) is 6. The van der Waals surface area contributed by atoms with Gasteiger partial charge < -0.3 is 5.32 Å². The number of hydrogen-bond donors (Lipinski definition) is 3. The molecule has 1 amide bonds. The Morgan fingerprint density at radius 2 is 2.00 bits per heavy atom. The van der Waals surface area contributed by atoms with Crippen LogP contribution in [0.25, 0.3) is 0 Å². The van der Waals surface area contributed by atoms with Gasteiger partial charge in [0.1, 0.15) is 0 Å². The van der Waals surface area contributed by atoms with Gasteiger partial charge in [-0.25, -0.2) is 15.4 Å². The van der Waals surface area contributed by atoms with Crippen LogP contribution in [0.15, 0.2) is 41.7 Å². The third-order valence-corrected chi connectivity index (χ3v) is 3.48. The van der Waals surface area contributed by atoms with E-state index >= 15 is 0 Å². The minimum Gasteiger partial charge on any atom is -0.354 e. The molecule has 2 aromatic rings. The molecule has 0 aliphatic carbocycles. The molecule has 0 radical (unpaired) electrons. The van der Waals surface area contributed by atoms with E-state index in [0.717, 1.165) is 12.1 Å². The summed E-state index contributed by atoms with van der Waals surface area (Å²) < 4.78 is 0. The van der Waals surface area contributed by atoms with Gasteiger partial charge in [-0.2, -0.15) is 0 Å². The van der Waals surface area contributed by atoms with Crippen LogP contribution in [0, 0.1) is 0 Å². The van der Waals surface area contributed by atoms with Crippen molar-refractivity contribution in [3.8, 4) is 0 Å². The Kier molecular flexibility index (Phi) is 4.06. The molecule has 3 N–H and O–H groups in total. The van der Waals surface area contributed by atoms with E-state index in [1.807, 2.05) is 24.4 Å². The van der Waals surface area contributed by atoms with Crippen LogP contribution in [0.4, 0.5) is 11.6 Å². The minimum atomic E-state index is -0.634. The Labute approximate surface area is 127 Å². The van der Waals surface area contributed by atoms with Crippen molar-refractivity contribution >= 4 is 23.8 Å². The second kappa shape index (κ2) is 6.31. The first-order chi connectivity index (χ1) is 10.8. The maximum Gasteiger partial charge on any atom is 0.277 e. The van der Waals surface area contributed by atoms with Crippen LogP contribution in [0.2, 0.25) is 0 Å². The molecule has 1 aromatic carbocycles. The molecule has 1 aliphatic heterocycles. The molecular weight excluding hydrogens is 282 g/mol. The van der Waals surface area contributed by atoms with Gasteiger partial charge in [0.05, 0.1) is 11.3 Å². The molecule has 22 heavy (non-hydrogen) atoms. The van der Waals surface area contributed by atoms with Gasteiger partial charge in [-0.15, -0.1) is 0 Å². The lowest BCUT2D eigenvalue weighted by Gasteiger charge is -2.10. The summed E-state index contributed by atoms with van der Waals surface area (Å²) in [6, 6.07) is 8.09. The fraction of sp³-hybridized carbons (Fsp3) is 0.200. The highest BCUT2D eigenvalue weighted by atomic mass is 16.5. The maximum atomic E-state index is 11.2. The Morgan fingerprint density at radius 1 is 1.23 bits per heavy atom. The molecule has 0 saturated carbocycles. The van der Waals surface area contributed by atoms with E-state index in [9.17, 15) is 4.79 Å². The second-order valence-electron chi connectivity index (χ2n) is 4.90. The van der Waals surface area contributed by atoms with Gasteiger partial charge in [0.15, 0.2) is 0 Å². The molecule has 2 heterocycles. The lowest BCUT2D eigenvalue weighted by Crippen LogP contribution is -2.19. The first-order valence-electron chi connectivity index (χ1n) is 6.91. The average molecular weight is 297 g/mol. The number of nitrogens with zero attached hydrogens (tertiary/aromatic N) is 3. The van der Waals surface area contributed by atoms with Gasteiger partial charge in [-0.3, -0.25) is 15.0 Å². The summed E-state index contributed by atoms with van der Waals surface area (Å²) in [6.07, 6.45) is 5.55. The molecule has 0 saturated heterocycles. The van der Waals surface area contributed by atoms with Crippen molar-refractivity contribution in [1.29, 1.82) is 0 Å². The van der Waals surface area contributed by atoms with E-state index in [4.69, 9.17) is 5.21 Å². The highest BCUT2D eigenvalue weighted by molar-refractivity contribution is 5.92. The monoisotopic (exact) mass is 297 g/mol. The molecule has 7 nitrogen and oxygen atoms in total. The van der Waals surface area contributed by atoms with E-state index in [1.165, 1.54) is 23.4 Å². The first-order valence-corrected chi connectivity index (χ1v) is 6.91.